The van der Waals surface area contributed by atoms with Crippen molar-refractivity contribution in [3.63, 3.8) is 0 Å². The van der Waals surface area contributed by atoms with E-state index in [-0.39, 0.29) is 25.7 Å². The first-order chi connectivity index (χ1) is 13.5. The van der Waals surface area contributed by atoms with Gasteiger partial charge in [-0.2, -0.15) is 0 Å². The Bertz CT molecular complexity index is 835. The Labute approximate surface area is 162 Å². The first-order valence-corrected chi connectivity index (χ1v) is 8.67. The van der Waals surface area contributed by atoms with E-state index in [4.69, 9.17) is 24.1 Å². The van der Waals surface area contributed by atoms with Crippen molar-refractivity contribution in [2.45, 2.75) is 19.1 Å². The van der Waals surface area contributed by atoms with Gasteiger partial charge in [0.1, 0.15) is 5.75 Å². The molecule has 0 aromatic heterocycles. The second kappa shape index (κ2) is 9.09. The van der Waals surface area contributed by atoms with Gasteiger partial charge in [0.15, 0.2) is 24.2 Å². The quantitative estimate of drug-likeness (QED) is 0.676. The minimum atomic E-state index is -1.01. The largest absolute Gasteiger partial charge is 0.484 e. The van der Waals surface area contributed by atoms with Gasteiger partial charge in [-0.05, 0) is 35.4 Å². The lowest BCUT2D eigenvalue weighted by atomic mass is 10.1. The molecule has 3 rings (SSSR count). The standard InChI is InChI=1S/C20H21NO7/c1-25-18(20(23)24)8-13-2-5-15(6-3-13)26-11-19(22)21-10-14-4-7-16-17(9-14)28-12-27-16/h2-7,9,18H,8,10-12H2,1H3,(H,21,22)(H,23,24)/t18-/m0/s1. The average molecular weight is 387 g/mol. The van der Waals surface area contributed by atoms with E-state index in [1.54, 1.807) is 30.3 Å². The maximum atomic E-state index is 12.0. The van der Waals surface area contributed by atoms with Crippen LogP contribution in [-0.2, 0) is 27.3 Å². The summed E-state index contributed by atoms with van der Waals surface area (Å²) in [5.41, 5.74) is 1.70. The lowest BCUT2D eigenvalue weighted by Crippen LogP contribution is -2.28. The molecule has 0 bridgehead atoms. The Morgan fingerprint density at radius 3 is 2.54 bits per heavy atom. The van der Waals surface area contributed by atoms with Crippen molar-refractivity contribution >= 4 is 11.9 Å². The Balaban J connectivity index is 1.43. The van der Waals surface area contributed by atoms with E-state index in [0.29, 0.717) is 23.8 Å². The van der Waals surface area contributed by atoms with E-state index in [9.17, 15) is 9.59 Å². The molecule has 2 aromatic carbocycles. The normalized spacial score (nSPS) is 13.0. The van der Waals surface area contributed by atoms with Crippen LogP contribution < -0.4 is 19.5 Å². The fourth-order valence-electron chi connectivity index (χ4n) is 2.66. The zero-order valence-corrected chi connectivity index (χ0v) is 15.3. The van der Waals surface area contributed by atoms with Gasteiger partial charge in [0, 0.05) is 20.1 Å². The van der Waals surface area contributed by atoms with Gasteiger partial charge in [-0.3, -0.25) is 4.79 Å². The third-order valence-electron chi connectivity index (χ3n) is 4.20. The summed E-state index contributed by atoms with van der Waals surface area (Å²) in [5.74, 6) is 0.615. The highest BCUT2D eigenvalue weighted by atomic mass is 16.7. The summed E-state index contributed by atoms with van der Waals surface area (Å²) in [4.78, 5) is 23.0. The third-order valence-corrected chi connectivity index (χ3v) is 4.20. The van der Waals surface area contributed by atoms with Crippen molar-refractivity contribution < 1.29 is 33.6 Å². The smallest absolute Gasteiger partial charge is 0.333 e. The highest BCUT2D eigenvalue weighted by molar-refractivity contribution is 5.77. The summed E-state index contributed by atoms with van der Waals surface area (Å²) in [6.07, 6.45) is -0.643. The summed E-state index contributed by atoms with van der Waals surface area (Å²) in [6, 6.07) is 12.4. The van der Waals surface area contributed by atoms with Crippen LogP contribution in [0.2, 0.25) is 0 Å². The number of fused-ring (bicyclic) bond motifs is 1. The number of carbonyl (C=O) groups is 2. The lowest BCUT2D eigenvalue weighted by molar-refractivity contribution is -0.148. The zero-order chi connectivity index (χ0) is 19.9. The molecule has 8 nitrogen and oxygen atoms in total. The molecule has 0 aliphatic carbocycles. The second-order valence-corrected chi connectivity index (χ2v) is 6.16. The van der Waals surface area contributed by atoms with Gasteiger partial charge in [0.25, 0.3) is 5.91 Å². The molecule has 8 heteroatoms. The Kier molecular flexibility index (Phi) is 6.33. The van der Waals surface area contributed by atoms with Gasteiger partial charge in [-0.15, -0.1) is 0 Å². The monoisotopic (exact) mass is 387 g/mol. The van der Waals surface area contributed by atoms with Crippen molar-refractivity contribution in [2.24, 2.45) is 0 Å². The topological polar surface area (TPSA) is 103 Å². The third kappa shape index (κ3) is 5.14. The van der Waals surface area contributed by atoms with Crippen LogP contribution in [0.4, 0.5) is 0 Å². The molecule has 2 N–H and O–H groups in total. The van der Waals surface area contributed by atoms with Crippen LogP contribution in [0.15, 0.2) is 42.5 Å². The molecule has 1 heterocycles. The number of carbonyl (C=O) groups excluding carboxylic acids is 1. The van der Waals surface area contributed by atoms with Crippen LogP contribution in [-0.4, -0.2) is 43.6 Å². The molecule has 0 radical (unpaired) electrons. The summed E-state index contributed by atoms with van der Waals surface area (Å²) in [7, 11) is 1.36. The van der Waals surface area contributed by atoms with Crippen molar-refractivity contribution in [2.75, 3.05) is 20.5 Å². The zero-order valence-electron chi connectivity index (χ0n) is 15.3. The maximum absolute atomic E-state index is 12.0. The fraction of sp³-hybridized carbons (Fsp3) is 0.300. The van der Waals surface area contributed by atoms with Crippen LogP contribution in [0, 0.1) is 0 Å². The molecule has 0 unspecified atom stereocenters. The molecule has 1 aliphatic rings. The van der Waals surface area contributed by atoms with Crippen molar-refractivity contribution in [3.8, 4) is 17.2 Å². The van der Waals surface area contributed by atoms with Crippen LogP contribution in [0.25, 0.3) is 0 Å². The van der Waals surface area contributed by atoms with Crippen LogP contribution in [0.3, 0.4) is 0 Å². The predicted octanol–water partition coefficient (Wildman–Crippen LogP) is 1.75. The first kappa shape index (κ1) is 19.5. The van der Waals surface area contributed by atoms with E-state index in [2.05, 4.69) is 5.32 Å². The van der Waals surface area contributed by atoms with E-state index in [1.807, 2.05) is 12.1 Å². The number of hydrogen-bond donors (Lipinski definition) is 2. The number of hydrogen-bond acceptors (Lipinski definition) is 6. The number of ether oxygens (including phenoxy) is 4. The molecule has 148 valence electrons. The Morgan fingerprint density at radius 2 is 1.82 bits per heavy atom. The number of aliphatic carboxylic acids is 1. The van der Waals surface area contributed by atoms with Crippen molar-refractivity contribution in [3.05, 3.63) is 53.6 Å². The predicted molar refractivity (Wildman–Crippen MR) is 98.5 cm³/mol. The fourth-order valence-corrected chi connectivity index (χ4v) is 2.66. The Hall–Kier alpha value is -3.26. The maximum Gasteiger partial charge on any atom is 0.333 e. The molecule has 1 amide bonds. The minimum Gasteiger partial charge on any atom is -0.484 e. The van der Waals surface area contributed by atoms with Crippen LogP contribution >= 0.6 is 0 Å². The molecular weight excluding hydrogens is 366 g/mol. The van der Waals surface area contributed by atoms with E-state index < -0.39 is 12.1 Å². The van der Waals surface area contributed by atoms with Crippen LogP contribution in [0.1, 0.15) is 11.1 Å². The van der Waals surface area contributed by atoms with Gasteiger partial charge in [0.05, 0.1) is 0 Å². The first-order valence-electron chi connectivity index (χ1n) is 8.67. The molecular formula is C20H21NO7. The molecule has 0 saturated heterocycles. The van der Waals surface area contributed by atoms with Gasteiger partial charge in [-0.25, -0.2) is 4.79 Å². The number of benzene rings is 2. The molecule has 0 spiro atoms. The molecule has 0 saturated carbocycles. The van der Waals surface area contributed by atoms with Gasteiger partial charge < -0.3 is 29.4 Å². The van der Waals surface area contributed by atoms with Gasteiger partial charge >= 0.3 is 5.97 Å². The van der Waals surface area contributed by atoms with E-state index in [0.717, 1.165) is 11.1 Å². The molecule has 1 aliphatic heterocycles. The highest BCUT2D eigenvalue weighted by Gasteiger charge is 2.17. The summed E-state index contributed by atoms with van der Waals surface area (Å²) >= 11 is 0. The molecule has 2 aromatic rings. The number of amides is 1. The minimum absolute atomic E-state index is 0.125. The number of rotatable bonds is 9. The number of carboxylic acids is 1. The summed E-state index contributed by atoms with van der Waals surface area (Å²) in [5, 5.41) is 11.8. The summed E-state index contributed by atoms with van der Waals surface area (Å²) < 4.78 is 20.9. The number of nitrogens with one attached hydrogen (secondary N) is 1. The second-order valence-electron chi connectivity index (χ2n) is 6.16. The lowest BCUT2D eigenvalue weighted by Gasteiger charge is -2.11. The van der Waals surface area contributed by atoms with E-state index >= 15 is 0 Å². The Morgan fingerprint density at radius 1 is 1.11 bits per heavy atom. The van der Waals surface area contributed by atoms with E-state index in [1.165, 1.54) is 7.11 Å². The van der Waals surface area contributed by atoms with Gasteiger partial charge in [0.2, 0.25) is 6.79 Å². The summed E-state index contributed by atoms with van der Waals surface area (Å²) in [6.45, 7) is 0.436. The van der Waals surface area contributed by atoms with Crippen molar-refractivity contribution in [1.29, 1.82) is 0 Å². The number of carboxylic acid groups (broad SMARTS) is 1. The van der Waals surface area contributed by atoms with Crippen LogP contribution in [0.5, 0.6) is 17.2 Å². The highest BCUT2D eigenvalue weighted by Crippen LogP contribution is 2.32. The average Bonchev–Trinajstić information content (AvgIpc) is 3.17. The molecule has 0 fully saturated rings. The SMILES string of the molecule is CO[C@@H](Cc1ccc(OCC(=O)NCc2ccc3c(c2)OCO3)cc1)C(=O)O. The van der Waals surface area contributed by atoms with Gasteiger partial charge in [-0.1, -0.05) is 18.2 Å². The molecule has 28 heavy (non-hydrogen) atoms. The number of methoxy groups -OCH3 is 1. The molecule has 1 atom stereocenters. The van der Waals surface area contributed by atoms with Crippen molar-refractivity contribution in [1.82, 2.24) is 5.32 Å².